The fourth-order valence-electron chi connectivity index (χ4n) is 2.77. The van der Waals surface area contributed by atoms with E-state index in [9.17, 15) is 0 Å². The predicted molar refractivity (Wildman–Crippen MR) is 98.3 cm³/mol. The summed E-state index contributed by atoms with van der Waals surface area (Å²) < 4.78 is 1.85. The van der Waals surface area contributed by atoms with Gasteiger partial charge in [-0.05, 0) is 61.0 Å². The average molecular weight is 335 g/mol. The van der Waals surface area contributed by atoms with Gasteiger partial charge in [-0.15, -0.1) is 0 Å². The molecule has 0 aliphatic rings. The van der Waals surface area contributed by atoms with Crippen molar-refractivity contribution in [2.45, 2.75) is 6.92 Å². The number of aryl methyl sites for hydroxylation is 1. The Balaban J connectivity index is 1.77. The molecule has 1 N–H and O–H groups in total. The van der Waals surface area contributed by atoms with Crippen LogP contribution in [0.5, 0.6) is 0 Å². The number of nitrogens with zero attached hydrogens (tertiary/aromatic N) is 3. The molecule has 2 heterocycles. The first-order chi connectivity index (χ1) is 11.7. The Morgan fingerprint density at radius 1 is 1.04 bits per heavy atom. The van der Waals surface area contributed by atoms with E-state index >= 15 is 0 Å². The van der Waals surface area contributed by atoms with Crippen LogP contribution in [0.4, 0.5) is 11.4 Å². The summed E-state index contributed by atoms with van der Waals surface area (Å²) >= 11 is 6.14. The number of benzene rings is 2. The summed E-state index contributed by atoms with van der Waals surface area (Å²) in [5.41, 5.74) is 5.04. The SMILES string of the molecule is Cc1cc(Nc2ccnc3ccc(Cl)cc23)cc(-n2cccn2)c1. The zero-order valence-corrected chi connectivity index (χ0v) is 13.8. The van der Waals surface area contributed by atoms with Crippen LogP contribution < -0.4 is 5.32 Å². The standard InChI is InChI=1S/C19H15ClN4/c1-13-9-15(12-16(10-13)24-8-2-6-22-24)23-19-5-7-21-18-4-3-14(20)11-17(18)19/h2-12H,1H3,(H,21,23). The zero-order valence-electron chi connectivity index (χ0n) is 13.1. The molecule has 0 unspecified atom stereocenters. The van der Waals surface area contributed by atoms with Gasteiger partial charge in [-0.3, -0.25) is 4.98 Å². The summed E-state index contributed by atoms with van der Waals surface area (Å²) in [7, 11) is 0. The molecule has 0 saturated carbocycles. The van der Waals surface area contributed by atoms with E-state index in [2.05, 4.69) is 40.5 Å². The fourth-order valence-corrected chi connectivity index (χ4v) is 2.94. The molecular formula is C19H15ClN4. The molecule has 2 aromatic carbocycles. The van der Waals surface area contributed by atoms with Gasteiger partial charge in [-0.2, -0.15) is 5.10 Å². The van der Waals surface area contributed by atoms with Crippen molar-refractivity contribution < 1.29 is 0 Å². The number of hydrogen-bond donors (Lipinski definition) is 1. The monoisotopic (exact) mass is 334 g/mol. The topological polar surface area (TPSA) is 42.7 Å². The van der Waals surface area contributed by atoms with E-state index in [1.54, 1.807) is 12.4 Å². The van der Waals surface area contributed by atoms with Crippen LogP contribution in [0.2, 0.25) is 5.02 Å². The third-order valence-electron chi connectivity index (χ3n) is 3.81. The van der Waals surface area contributed by atoms with Crippen molar-refractivity contribution in [3.8, 4) is 5.69 Å². The van der Waals surface area contributed by atoms with Gasteiger partial charge >= 0.3 is 0 Å². The quantitative estimate of drug-likeness (QED) is 0.565. The van der Waals surface area contributed by atoms with Crippen molar-refractivity contribution in [2.24, 2.45) is 0 Å². The summed E-state index contributed by atoms with van der Waals surface area (Å²) in [6.07, 6.45) is 5.50. The molecule has 24 heavy (non-hydrogen) atoms. The minimum Gasteiger partial charge on any atom is -0.355 e. The lowest BCUT2D eigenvalue weighted by Crippen LogP contribution is -1.98. The second-order valence-corrected chi connectivity index (χ2v) is 6.09. The molecular weight excluding hydrogens is 320 g/mol. The van der Waals surface area contributed by atoms with Crippen LogP contribution in [-0.4, -0.2) is 14.8 Å². The number of anilines is 2. The van der Waals surface area contributed by atoms with Crippen molar-refractivity contribution >= 4 is 33.9 Å². The second-order valence-electron chi connectivity index (χ2n) is 5.65. The van der Waals surface area contributed by atoms with Crippen LogP contribution in [-0.2, 0) is 0 Å². The summed E-state index contributed by atoms with van der Waals surface area (Å²) in [4.78, 5) is 4.39. The van der Waals surface area contributed by atoms with Crippen molar-refractivity contribution in [2.75, 3.05) is 5.32 Å². The van der Waals surface area contributed by atoms with Gasteiger partial charge in [0.05, 0.1) is 11.2 Å². The fraction of sp³-hybridized carbons (Fsp3) is 0.0526. The Morgan fingerprint density at radius 3 is 2.79 bits per heavy atom. The highest BCUT2D eigenvalue weighted by atomic mass is 35.5. The number of nitrogens with one attached hydrogen (secondary N) is 1. The first kappa shape index (κ1) is 14.7. The lowest BCUT2D eigenvalue weighted by Gasteiger charge is -2.12. The molecule has 4 rings (SSSR count). The minimum absolute atomic E-state index is 0.694. The van der Waals surface area contributed by atoms with Crippen molar-refractivity contribution in [1.29, 1.82) is 0 Å². The third-order valence-corrected chi connectivity index (χ3v) is 4.05. The number of hydrogen-bond acceptors (Lipinski definition) is 3. The van der Waals surface area contributed by atoms with Crippen molar-refractivity contribution in [1.82, 2.24) is 14.8 Å². The third kappa shape index (κ3) is 2.84. The van der Waals surface area contributed by atoms with Gasteiger partial charge in [0.1, 0.15) is 0 Å². The van der Waals surface area contributed by atoms with Gasteiger partial charge < -0.3 is 5.32 Å². The molecule has 2 aromatic heterocycles. The molecule has 0 aliphatic heterocycles. The Bertz CT molecular complexity index is 1010. The van der Waals surface area contributed by atoms with Gasteiger partial charge in [0.15, 0.2) is 0 Å². The molecule has 4 aromatic rings. The number of halogens is 1. The normalized spacial score (nSPS) is 10.9. The molecule has 0 radical (unpaired) electrons. The van der Waals surface area contributed by atoms with E-state index in [0.29, 0.717) is 5.02 Å². The molecule has 4 nitrogen and oxygen atoms in total. The minimum atomic E-state index is 0.694. The predicted octanol–water partition coefficient (Wildman–Crippen LogP) is 5.13. The number of aromatic nitrogens is 3. The average Bonchev–Trinajstić information content (AvgIpc) is 3.09. The maximum absolute atomic E-state index is 6.14. The van der Waals surface area contributed by atoms with Gasteiger partial charge in [0, 0.05) is 40.4 Å². The molecule has 0 spiro atoms. The van der Waals surface area contributed by atoms with Crippen LogP contribution in [0, 0.1) is 6.92 Å². The maximum atomic E-state index is 6.14. The van der Waals surface area contributed by atoms with E-state index in [-0.39, 0.29) is 0 Å². The van der Waals surface area contributed by atoms with Gasteiger partial charge in [0.25, 0.3) is 0 Å². The van der Waals surface area contributed by atoms with Gasteiger partial charge in [0.2, 0.25) is 0 Å². The van der Waals surface area contributed by atoms with Gasteiger partial charge in [-0.25, -0.2) is 4.68 Å². The highest BCUT2D eigenvalue weighted by molar-refractivity contribution is 6.31. The molecule has 0 fully saturated rings. The Labute approximate surface area is 144 Å². The Morgan fingerprint density at radius 2 is 1.96 bits per heavy atom. The smallest absolute Gasteiger partial charge is 0.0723 e. The summed E-state index contributed by atoms with van der Waals surface area (Å²) in [5, 5.41) is 9.46. The molecule has 0 amide bonds. The maximum Gasteiger partial charge on any atom is 0.0723 e. The van der Waals surface area contributed by atoms with E-state index in [4.69, 9.17) is 11.6 Å². The molecule has 118 valence electrons. The molecule has 0 saturated heterocycles. The van der Waals surface area contributed by atoms with E-state index < -0.39 is 0 Å². The lowest BCUT2D eigenvalue weighted by molar-refractivity contribution is 0.879. The first-order valence-corrected chi connectivity index (χ1v) is 8.00. The first-order valence-electron chi connectivity index (χ1n) is 7.62. The molecule has 0 aliphatic carbocycles. The molecule has 5 heteroatoms. The van der Waals surface area contributed by atoms with Crippen molar-refractivity contribution in [3.63, 3.8) is 0 Å². The van der Waals surface area contributed by atoms with Crippen LogP contribution in [0.3, 0.4) is 0 Å². The van der Waals surface area contributed by atoms with E-state index in [0.717, 1.165) is 33.5 Å². The summed E-state index contributed by atoms with van der Waals surface area (Å²) in [6.45, 7) is 2.07. The van der Waals surface area contributed by atoms with Gasteiger partial charge in [-0.1, -0.05) is 11.6 Å². The van der Waals surface area contributed by atoms with Crippen molar-refractivity contribution in [3.05, 3.63) is 77.7 Å². The summed E-state index contributed by atoms with van der Waals surface area (Å²) in [6, 6.07) is 15.8. The molecule has 0 atom stereocenters. The highest BCUT2D eigenvalue weighted by Gasteiger charge is 2.06. The summed E-state index contributed by atoms with van der Waals surface area (Å²) in [5.74, 6) is 0. The number of rotatable bonds is 3. The van der Waals surface area contributed by atoms with E-state index in [1.807, 2.05) is 41.2 Å². The lowest BCUT2D eigenvalue weighted by atomic mass is 10.1. The largest absolute Gasteiger partial charge is 0.355 e. The zero-order chi connectivity index (χ0) is 16.5. The second kappa shape index (κ2) is 5.98. The van der Waals surface area contributed by atoms with Crippen LogP contribution in [0.1, 0.15) is 5.56 Å². The number of fused-ring (bicyclic) bond motifs is 1. The van der Waals surface area contributed by atoms with E-state index in [1.165, 1.54) is 0 Å². The highest BCUT2D eigenvalue weighted by Crippen LogP contribution is 2.28. The Hall–Kier alpha value is -2.85. The Kier molecular flexibility index (Phi) is 3.67. The molecule has 0 bridgehead atoms. The van der Waals surface area contributed by atoms with Crippen LogP contribution in [0.15, 0.2) is 67.1 Å². The van der Waals surface area contributed by atoms with Crippen LogP contribution in [0.25, 0.3) is 16.6 Å². The van der Waals surface area contributed by atoms with Crippen LogP contribution >= 0.6 is 11.6 Å². The number of pyridine rings is 1.